The lowest BCUT2D eigenvalue weighted by atomic mass is 9.78. The number of rotatable bonds is 6. The van der Waals surface area contributed by atoms with Crippen LogP contribution in [0.15, 0.2) is 30.3 Å². The number of carbonyl (C=O) groups is 3. The molecule has 5 nitrogen and oxygen atoms in total. The van der Waals surface area contributed by atoms with E-state index >= 15 is 0 Å². The number of Topliss-reactive ketones (excluding diaryl/α,β-unsaturated/α-hetero) is 1. The van der Waals surface area contributed by atoms with Gasteiger partial charge in [0.15, 0.2) is 11.2 Å². The second-order valence-electron chi connectivity index (χ2n) is 4.63. The van der Waals surface area contributed by atoms with E-state index in [0.29, 0.717) is 5.56 Å². The number of hydrogen-bond acceptors (Lipinski definition) is 5. The molecule has 0 spiro atoms. The summed E-state index contributed by atoms with van der Waals surface area (Å²) in [5, 5.41) is 0. The summed E-state index contributed by atoms with van der Waals surface area (Å²) in [4.78, 5) is 36.7. The topological polar surface area (TPSA) is 69.7 Å². The summed E-state index contributed by atoms with van der Waals surface area (Å²) in [5.74, 6) is 3.28. The summed E-state index contributed by atoms with van der Waals surface area (Å²) < 4.78 is 9.43. The van der Waals surface area contributed by atoms with Crippen LogP contribution in [0.3, 0.4) is 0 Å². The fraction of sp³-hybridized carbons (Fsp3) is 0.353. The SMILES string of the molecule is CC#CCC(CC(=O)c1ccccc1)(C(=O)OC)C(=O)OC. The number of methoxy groups -OCH3 is 2. The molecule has 0 amide bonds. The van der Waals surface area contributed by atoms with E-state index in [1.165, 1.54) is 0 Å². The molecule has 1 aromatic carbocycles. The molecule has 0 aliphatic rings. The number of esters is 2. The van der Waals surface area contributed by atoms with Gasteiger partial charge in [0, 0.05) is 18.4 Å². The zero-order valence-electron chi connectivity index (χ0n) is 12.8. The Balaban J connectivity index is 3.22. The highest BCUT2D eigenvalue weighted by Crippen LogP contribution is 2.31. The molecule has 22 heavy (non-hydrogen) atoms. The van der Waals surface area contributed by atoms with E-state index in [-0.39, 0.29) is 18.6 Å². The van der Waals surface area contributed by atoms with E-state index in [4.69, 9.17) is 9.47 Å². The van der Waals surface area contributed by atoms with Gasteiger partial charge in [0.2, 0.25) is 0 Å². The van der Waals surface area contributed by atoms with Crippen molar-refractivity contribution in [3.63, 3.8) is 0 Å². The molecule has 0 saturated carbocycles. The number of hydrogen-bond donors (Lipinski definition) is 0. The van der Waals surface area contributed by atoms with Crippen LogP contribution in [-0.4, -0.2) is 31.9 Å². The van der Waals surface area contributed by atoms with Crippen LogP contribution in [0.25, 0.3) is 0 Å². The van der Waals surface area contributed by atoms with Crippen LogP contribution in [0, 0.1) is 17.3 Å². The van der Waals surface area contributed by atoms with Crippen LogP contribution in [0.2, 0.25) is 0 Å². The van der Waals surface area contributed by atoms with Crippen LogP contribution in [0.4, 0.5) is 0 Å². The Morgan fingerprint density at radius 2 is 1.59 bits per heavy atom. The summed E-state index contributed by atoms with van der Waals surface area (Å²) in [6.07, 6.45) is -0.494. The molecule has 0 radical (unpaired) electrons. The molecule has 0 aromatic heterocycles. The molecule has 0 aliphatic heterocycles. The average molecular weight is 302 g/mol. The van der Waals surface area contributed by atoms with Gasteiger partial charge in [-0.25, -0.2) is 0 Å². The second kappa shape index (κ2) is 7.99. The first-order chi connectivity index (χ1) is 10.5. The van der Waals surface area contributed by atoms with Gasteiger partial charge < -0.3 is 9.47 Å². The molecule has 0 atom stereocenters. The molecular formula is C17H18O5. The van der Waals surface area contributed by atoms with Crippen molar-refractivity contribution in [2.24, 2.45) is 5.41 Å². The second-order valence-corrected chi connectivity index (χ2v) is 4.63. The molecule has 0 unspecified atom stereocenters. The van der Waals surface area contributed by atoms with Gasteiger partial charge in [-0.05, 0) is 6.92 Å². The van der Waals surface area contributed by atoms with Crippen LogP contribution in [0.5, 0.6) is 0 Å². The minimum atomic E-state index is -1.75. The number of ketones is 1. The molecule has 0 heterocycles. The van der Waals surface area contributed by atoms with E-state index < -0.39 is 17.4 Å². The van der Waals surface area contributed by atoms with Crippen LogP contribution in [0.1, 0.15) is 30.1 Å². The van der Waals surface area contributed by atoms with Gasteiger partial charge in [0.1, 0.15) is 0 Å². The predicted octanol–water partition coefficient (Wildman–Crippen LogP) is 2.01. The fourth-order valence-corrected chi connectivity index (χ4v) is 2.06. The number of ether oxygens (including phenoxy) is 2. The molecule has 1 rings (SSSR count). The minimum absolute atomic E-state index is 0.137. The molecule has 0 saturated heterocycles. The number of carbonyl (C=O) groups excluding carboxylic acids is 3. The lowest BCUT2D eigenvalue weighted by molar-refractivity contribution is -0.168. The summed E-state index contributed by atoms with van der Waals surface area (Å²) >= 11 is 0. The Morgan fingerprint density at radius 3 is 2.05 bits per heavy atom. The maximum absolute atomic E-state index is 12.4. The third kappa shape index (κ3) is 3.73. The molecule has 0 fully saturated rings. The summed E-state index contributed by atoms with van der Waals surface area (Å²) in [6.45, 7) is 1.58. The summed E-state index contributed by atoms with van der Waals surface area (Å²) in [6, 6.07) is 8.42. The lowest BCUT2D eigenvalue weighted by Gasteiger charge is -2.25. The van der Waals surface area contributed by atoms with Crippen LogP contribution in [-0.2, 0) is 19.1 Å². The maximum atomic E-state index is 12.4. The first-order valence-electron chi connectivity index (χ1n) is 6.66. The molecule has 0 bridgehead atoms. The average Bonchev–Trinajstić information content (AvgIpc) is 2.57. The summed E-state index contributed by atoms with van der Waals surface area (Å²) in [7, 11) is 2.32. The first kappa shape index (κ1) is 17.4. The van der Waals surface area contributed by atoms with Crippen molar-refractivity contribution in [1.82, 2.24) is 0 Å². The molecule has 1 aromatic rings. The van der Waals surface area contributed by atoms with Gasteiger partial charge in [0.25, 0.3) is 0 Å². The monoisotopic (exact) mass is 302 g/mol. The zero-order valence-corrected chi connectivity index (χ0v) is 12.8. The van der Waals surface area contributed by atoms with Crippen LogP contribution >= 0.6 is 0 Å². The van der Waals surface area contributed by atoms with Crippen LogP contribution < -0.4 is 0 Å². The zero-order chi connectivity index (χ0) is 16.6. The molecule has 5 heteroatoms. The van der Waals surface area contributed by atoms with Gasteiger partial charge in [-0.1, -0.05) is 30.3 Å². The lowest BCUT2D eigenvalue weighted by Crippen LogP contribution is -2.43. The van der Waals surface area contributed by atoms with Gasteiger partial charge in [-0.15, -0.1) is 11.8 Å². The Kier molecular flexibility index (Phi) is 6.33. The quantitative estimate of drug-likeness (QED) is 0.348. The van der Waals surface area contributed by atoms with Crippen molar-refractivity contribution < 1.29 is 23.9 Å². The van der Waals surface area contributed by atoms with Crippen molar-refractivity contribution in [3.05, 3.63) is 35.9 Å². The van der Waals surface area contributed by atoms with Crippen molar-refractivity contribution in [2.45, 2.75) is 19.8 Å². The normalized spacial score (nSPS) is 10.1. The third-order valence-electron chi connectivity index (χ3n) is 3.28. The highest BCUT2D eigenvalue weighted by Gasteiger charge is 2.49. The van der Waals surface area contributed by atoms with Gasteiger partial charge in [-0.2, -0.15) is 0 Å². The number of benzene rings is 1. The molecular weight excluding hydrogens is 284 g/mol. The van der Waals surface area contributed by atoms with E-state index in [2.05, 4.69) is 11.8 Å². The van der Waals surface area contributed by atoms with E-state index in [0.717, 1.165) is 14.2 Å². The minimum Gasteiger partial charge on any atom is -0.468 e. The highest BCUT2D eigenvalue weighted by atomic mass is 16.5. The fourth-order valence-electron chi connectivity index (χ4n) is 2.06. The van der Waals surface area contributed by atoms with Crippen molar-refractivity contribution in [1.29, 1.82) is 0 Å². The van der Waals surface area contributed by atoms with Gasteiger partial charge in [0.05, 0.1) is 14.2 Å². The standard InChI is InChI=1S/C17H18O5/c1-4-5-11-17(15(19)21-2,16(20)22-3)12-14(18)13-9-7-6-8-10-13/h6-10H,11-12H2,1-3H3. The van der Waals surface area contributed by atoms with Gasteiger partial charge in [-0.3, -0.25) is 14.4 Å². The Hall–Kier alpha value is -2.61. The Bertz CT molecular complexity index is 591. The third-order valence-corrected chi connectivity index (χ3v) is 3.28. The molecule has 0 N–H and O–H groups in total. The highest BCUT2D eigenvalue weighted by molar-refractivity contribution is 6.07. The van der Waals surface area contributed by atoms with E-state index in [9.17, 15) is 14.4 Å². The maximum Gasteiger partial charge on any atom is 0.324 e. The van der Waals surface area contributed by atoms with Crippen molar-refractivity contribution in [3.8, 4) is 11.8 Å². The predicted molar refractivity (Wildman–Crippen MR) is 79.9 cm³/mol. The molecule has 116 valence electrons. The van der Waals surface area contributed by atoms with E-state index in [1.54, 1.807) is 37.3 Å². The van der Waals surface area contributed by atoms with Crippen molar-refractivity contribution in [2.75, 3.05) is 14.2 Å². The van der Waals surface area contributed by atoms with E-state index in [1.807, 2.05) is 0 Å². The molecule has 0 aliphatic carbocycles. The first-order valence-corrected chi connectivity index (χ1v) is 6.66. The summed E-state index contributed by atoms with van der Waals surface area (Å²) in [5.41, 5.74) is -1.34. The largest absolute Gasteiger partial charge is 0.468 e. The smallest absolute Gasteiger partial charge is 0.324 e. The van der Waals surface area contributed by atoms with Crippen molar-refractivity contribution >= 4 is 17.7 Å². The van der Waals surface area contributed by atoms with Gasteiger partial charge >= 0.3 is 11.9 Å². The Labute approximate surface area is 129 Å². The Morgan fingerprint density at radius 1 is 1.05 bits per heavy atom.